The topological polar surface area (TPSA) is 50.9 Å². The highest BCUT2D eigenvalue weighted by Gasteiger charge is 2.13. The molecule has 0 radical (unpaired) electrons. The van der Waals surface area contributed by atoms with Gasteiger partial charge in [-0.1, -0.05) is 36.2 Å². The molecule has 0 aliphatic carbocycles. The summed E-state index contributed by atoms with van der Waals surface area (Å²) in [7, 11) is 0. The van der Waals surface area contributed by atoms with Gasteiger partial charge in [-0.2, -0.15) is 0 Å². The highest BCUT2D eigenvalue weighted by molar-refractivity contribution is 7.15. The van der Waals surface area contributed by atoms with Crippen LogP contribution in [0.4, 0.5) is 5.13 Å². The normalized spacial score (nSPS) is 11.9. The van der Waals surface area contributed by atoms with Crippen molar-refractivity contribution in [3.05, 3.63) is 44.9 Å². The van der Waals surface area contributed by atoms with Gasteiger partial charge in [0.2, 0.25) is 0 Å². The molecule has 1 heterocycles. The monoisotopic (exact) mass is 351 g/mol. The van der Waals surface area contributed by atoms with Crippen molar-refractivity contribution in [3.63, 3.8) is 0 Å². The number of nitrogens with one attached hydrogen (secondary N) is 1. The minimum atomic E-state index is 0. The molecule has 0 spiro atoms. The Balaban J connectivity index is 0.00000200. The van der Waals surface area contributed by atoms with E-state index in [1.54, 1.807) is 6.20 Å². The van der Waals surface area contributed by atoms with Crippen molar-refractivity contribution < 1.29 is 0 Å². The minimum Gasteiger partial charge on any atom is -0.375 e. The molecule has 3 N–H and O–H groups in total. The van der Waals surface area contributed by atoms with Gasteiger partial charge in [0.1, 0.15) is 0 Å². The molecular formula is C13H16Cl3N3S. The number of benzene rings is 1. The second kappa shape index (κ2) is 8.05. The fraction of sp³-hybridized carbons (Fsp3) is 0.308. The van der Waals surface area contributed by atoms with Crippen LogP contribution in [0.15, 0.2) is 24.4 Å². The van der Waals surface area contributed by atoms with Gasteiger partial charge >= 0.3 is 0 Å². The van der Waals surface area contributed by atoms with Crippen LogP contribution < -0.4 is 11.1 Å². The van der Waals surface area contributed by atoms with Crippen LogP contribution in [0.25, 0.3) is 0 Å². The summed E-state index contributed by atoms with van der Waals surface area (Å²) in [4.78, 5) is 5.14. The molecule has 2 rings (SSSR count). The molecule has 0 aliphatic heterocycles. The third kappa shape index (κ3) is 4.50. The summed E-state index contributed by atoms with van der Waals surface area (Å²) in [5.41, 5.74) is 6.57. The molecule has 1 atom stereocenters. The van der Waals surface area contributed by atoms with Crippen molar-refractivity contribution in [2.75, 3.05) is 12.3 Å². The molecule has 20 heavy (non-hydrogen) atoms. The van der Waals surface area contributed by atoms with Crippen molar-refractivity contribution >= 4 is 52.1 Å². The smallest absolute Gasteiger partial charge is 0.180 e. The van der Waals surface area contributed by atoms with Gasteiger partial charge in [-0.3, -0.25) is 0 Å². The maximum Gasteiger partial charge on any atom is 0.180 e. The molecule has 0 fully saturated rings. The van der Waals surface area contributed by atoms with Crippen molar-refractivity contribution in [1.82, 2.24) is 10.3 Å². The van der Waals surface area contributed by atoms with Crippen LogP contribution in [-0.4, -0.2) is 11.5 Å². The van der Waals surface area contributed by atoms with Gasteiger partial charge in [-0.05, 0) is 23.6 Å². The zero-order valence-electron chi connectivity index (χ0n) is 10.9. The first-order chi connectivity index (χ1) is 9.08. The van der Waals surface area contributed by atoms with E-state index in [1.807, 2.05) is 18.2 Å². The molecule has 110 valence electrons. The second-order valence-electron chi connectivity index (χ2n) is 4.33. The van der Waals surface area contributed by atoms with E-state index in [0.29, 0.717) is 15.2 Å². The van der Waals surface area contributed by atoms with Gasteiger partial charge in [0.05, 0.1) is 0 Å². The molecule has 0 bridgehead atoms. The van der Waals surface area contributed by atoms with Crippen molar-refractivity contribution in [3.8, 4) is 0 Å². The summed E-state index contributed by atoms with van der Waals surface area (Å²) in [6.07, 6.45) is 1.79. The second-order valence-corrected chi connectivity index (χ2v) is 6.29. The Labute approximate surface area is 138 Å². The number of nitrogens with two attached hydrogens (primary N) is 1. The molecule has 7 heteroatoms. The van der Waals surface area contributed by atoms with E-state index in [1.165, 1.54) is 11.3 Å². The first-order valence-electron chi connectivity index (χ1n) is 5.92. The van der Waals surface area contributed by atoms with Gasteiger partial charge in [-0.25, -0.2) is 4.98 Å². The summed E-state index contributed by atoms with van der Waals surface area (Å²) in [6, 6.07) is 5.58. The van der Waals surface area contributed by atoms with Gasteiger partial charge < -0.3 is 11.1 Å². The van der Waals surface area contributed by atoms with Crippen LogP contribution in [-0.2, 0) is 6.54 Å². The number of anilines is 1. The van der Waals surface area contributed by atoms with Crippen LogP contribution in [0, 0.1) is 0 Å². The first-order valence-corrected chi connectivity index (χ1v) is 7.50. The largest absolute Gasteiger partial charge is 0.375 e. The number of hydrogen-bond acceptors (Lipinski definition) is 4. The van der Waals surface area contributed by atoms with Gasteiger partial charge in [-0.15, -0.1) is 23.7 Å². The van der Waals surface area contributed by atoms with Crippen LogP contribution in [0.5, 0.6) is 0 Å². The Morgan fingerprint density at radius 3 is 2.55 bits per heavy atom. The minimum absolute atomic E-state index is 0. The first kappa shape index (κ1) is 17.5. The Bertz CT molecular complexity index is 539. The number of halogens is 3. The molecule has 0 aliphatic rings. The third-order valence-electron chi connectivity index (χ3n) is 2.81. The lowest BCUT2D eigenvalue weighted by molar-refractivity contribution is 0.619. The SMILES string of the molecule is CC(CNCc1cnc(N)s1)c1c(Cl)cccc1Cl.Cl. The Kier molecular flexibility index (Phi) is 7.06. The standard InChI is InChI=1S/C13H15Cl2N3S.ClH/c1-8(12-10(14)3-2-4-11(12)15)5-17-6-9-7-18-13(16)19-9;/h2-4,7-8,17H,5-6H2,1H3,(H2,16,18);1H. The summed E-state index contributed by atoms with van der Waals surface area (Å²) in [6.45, 7) is 3.64. The molecule has 1 aromatic heterocycles. The predicted octanol–water partition coefficient (Wildman–Crippen LogP) is 4.35. The molecule has 0 amide bonds. The zero-order valence-corrected chi connectivity index (χ0v) is 14.0. The molecule has 0 saturated carbocycles. The Morgan fingerprint density at radius 1 is 1.35 bits per heavy atom. The molecule has 2 aromatic rings. The average Bonchev–Trinajstić information content (AvgIpc) is 2.75. The van der Waals surface area contributed by atoms with Crippen LogP contribution in [0.2, 0.25) is 10.0 Å². The lowest BCUT2D eigenvalue weighted by Crippen LogP contribution is -2.19. The number of rotatable bonds is 5. The number of thiazole rings is 1. The summed E-state index contributed by atoms with van der Waals surface area (Å²) in [5, 5.41) is 5.39. The fourth-order valence-corrected chi connectivity index (χ4v) is 3.32. The zero-order chi connectivity index (χ0) is 13.8. The summed E-state index contributed by atoms with van der Waals surface area (Å²) >= 11 is 13.9. The van der Waals surface area contributed by atoms with E-state index < -0.39 is 0 Å². The number of nitrogens with zero attached hydrogens (tertiary/aromatic N) is 1. The molecule has 0 saturated heterocycles. The van der Waals surface area contributed by atoms with E-state index in [-0.39, 0.29) is 18.3 Å². The van der Waals surface area contributed by atoms with Gasteiger partial charge in [0, 0.05) is 34.2 Å². The fourth-order valence-electron chi connectivity index (χ4n) is 1.90. The van der Waals surface area contributed by atoms with Crippen LogP contribution in [0.3, 0.4) is 0 Å². The Hall–Kier alpha value is -0.520. The van der Waals surface area contributed by atoms with Crippen molar-refractivity contribution in [2.24, 2.45) is 0 Å². The average molecular weight is 353 g/mol. The van der Waals surface area contributed by atoms with Gasteiger partial charge in [0.25, 0.3) is 0 Å². The number of nitrogen functional groups attached to an aromatic ring is 1. The highest BCUT2D eigenvalue weighted by atomic mass is 35.5. The van der Waals surface area contributed by atoms with E-state index in [2.05, 4.69) is 17.2 Å². The van der Waals surface area contributed by atoms with E-state index in [4.69, 9.17) is 28.9 Å². The van der Waals surface area contributed by atoms with Crippen LogP contribution >= 0.6 is 46.9 Å². The quantitative estimate of drug-likeness (QED) is 0.841. The molecular weight excluding hydrogens is 337 g/mol. The Morgan fingerprint density at radius 2 is 2.00 bits per heavy atom. The maximum atomic E-state index is 6.19. The highest BCUT2D eigenvalue weighted by Crippen LogP contribution is 2.31. The number of aromatic nitrogens is 1. The number of hydrogen-bond donors (Lipinski definition) is 2. The maximum absolute atomic E-state index is 6.19. The lowest BCUT2D eigenvalue weighted by Gasteiger charge is -2.15. The predicted molar refractivity (Wildman–Crippen MR) is 90.4 cm³/mol. The van der Waals surface area contributed by atoms with E-state index in [9.17, 15) is 0 Å². The molecule has 3 nitrogen and oxygen atoms in total. The lowest BCUT2D eigenvalue weighted by atomic mass is 10.0. The van der Waals surface area contributed by atoms with E-state index in [0.717, 1.165) is 23.5 Å². The van der Waals surface area contributed by atoms with Crippen LogP contribution in [0.1, 0.15) is 23.3 Å². The molecule has 1 aromatic carbocycles. The van der Waals surface area contributed by atoms with Gasteiger partial charge in [0.15, 0.2) is 5.13 Å². The third-order valence-corrected chi connectivity index (χ3v) is 4.30. The summed E-state index contributed by atoms with van der Waals surface area (Å²) < 4.78 is 0. The molecule has 1 unspecified atom stereocenters. The van der Waals surface area contributed by atoms with Crippen molar-refractivity contribution in [1.29, 1.82) is 0 Å². The van der Waals surface area contributed by atoms with E-state index >= 15 is 0 Å². The van der Waals surface area contributed by atoms with Crippen molar-refractivity contribution in [2.45, 2.75) is 19.4 Å². The summed E-state index contributed by atoms with van der Waals surface area (Å²) in [5.74, 6) is 0.242.